The SMILES string of the molecule is CN(Cc1ccc(Cl)cc1)Cn1nc(-c2ccc(F)cc2)oc1=O. The molecule has 0 radical (unpaired) electrons. The molecule has 0 aliphatic rings. The van der Waals surface area contributed by atoms with Crippen molar-refractivity contribution in [3.05, 3.63) is 75.5 Å². The molecule has 2 aromatic carbocycles. The van der Waals surface area contributed by atoms with Crippen molar-refractivity contribution in [2.24, 2.45) is 0 Å². The van der Waals surface area contributed by atoms with E-state index in [9.17, 15) is 9.18 Å². The second-order valence-electron chi connectivity index (χ2n) is 5.46. The van der Waals surface area contributed by atoms with Gasteiger partial charge in [-0.1, -0.05) is 23.7 Å². The van der Waals surface area contributed by atoms with Crippen LogP contribution in [0.5, 0.6) is 0 Å². The standard InChI is InChI=1S/C17H15ClFN3O2/c1-21(10-12-2-6-14(18)7-3-12)11-22-17(23)24-16(20-22)13-4-8-15(19)9-5-13/h2-9H,10-11H2,1H3. The molecule has 0 fully saturated rings. The topological polar surface area (TPSA) is 51.3 Å². The molecule has 124 valence electrons. The van der Waals surface area contributed by atoms with Crippen molar-refractivity contribution >= 4 is 11.6 Å². The van der Waals surface area contributed by atoms with Gasteiger partial charge in [0.05, 0.1) is 0 Å². The maximum Gasteiger partial charge on any atom is 0.438 e. The van der Waals surface area contributed by atoms with Gasteiger partial charge in [0.1, 0.15) is 12.5 Å². The van der Waals surface area contributed by atoms with Crippen LogP contribution in [0.4, 0.5) is 4.39 Å². The van der Waals surface area contributed by atoms with E-state index in [0.29, 0.717) is 17.1 Å². The van der Waals surface area contributed by atoms with Crippen molar-refractivity contribution in [2.45, 2.75) is 13.2 Å². The summed E-state index contributed by atoms with van der Waals surface area (Å²) in [5, 5.41) is 4.84. The first-order valence-electron chi connectivity index (χ1n) is 7.28. The van der Waals surface area contributed by atoms with Crippen LogP contribution < -0.4 is 5.76 Å². The molecular formula is C17H15ClFN3O2. The van der Waals surface area contributed by atoms with Gasteiger partial charge in [-0.05, 0) is 49.0 Å². The Labute approximate surface area is 142 Å². The lowest BCUT2D eigenvalue weighted by Crippen LogP contribution is -2.28. The van der Waals surface area contributed by atoms with Crippen LogP contribution in [0, 0.1) is 5.82 Å². The number of nitrogens with zero attached hydrogens (tertiary/aromatic N) is 3. The van der Waals surface area contributed by atoms with Gasteiger partial charge in [-0.15, -0.1) is 5.10 Å². The zero-order valence-electron chi connectivity index (χ0n) is 12.9. The van der Waals surface area contributed by atoms with E-state index >= 15 is 0 Å². The maximum atomic E-state index is 13.0. The summed E-state index contributed by atoms with van der Waals surface area (Å²) in [6, 6.07) is 13.1. The minimum Gasteiger partial charge on any atom is -0.388 e. The summed E-state index contributed by atoms with van der Waals surface area (Å²) in [5.41, 5.74) is 1.62. The molecule has 0 saturated heterocycles. The normalized spacial score (nSPS) is 11.2. The Morgan fingerprint density at radius 2 is 1.83 bits per heavy atom. The van der Waals surface area contributed by atoms with Crippen molar-refractivity contribution in [1.29, 1.82) is 0 Å². The predicted molar refractivity (Wildman–Crippen MR) is 89.1 cm³/mol. The average Bonchev–Trinajstić information content (AvgIpc) is 2.91. The van der Waals surface area contributed by atoms with Crippen molar-refractivity contribution in [1.82, 2.24) is 14.7 Å². The zero-order chi connectivity index (χ0) is 17.1. The Morgan fingerprint density at radius 1 is 1.17 bits per heavy atom. The van der Waals surface area contributed by atoms with Gasteiger partial charge < -0.3 is 4.42 Å². The molecule has 0 amide bonds. The third-order valence-electron chi connectivity index (χ3n) is 3.44. The lowest BCUT2D eigenvalue weighted by Gasteiger charge is -2.15. The Balaban J connectivity index is 1.72. The van der Waals surface area contributed by atoms with Crippen molar-refractivity contribution < 1.29 is 8.81 Å². The van der Waals surface area contributed by atoms with Crippen LogP contribution in [0.15, 0.2) is 57.7 Å². The quantitative estimate of drug-likeness (QED) is 0.710. The number of hydrogen-bond acceptors (Lipinski definition) is 4. The van der Waals surface area contributed by atoms with E-state index < -0.39 is 5.76 Å². The second-order valence-corrected chi connectivity index (χ2v) is 5.90. The van der Waals surface area contributed by atoms with Crippen LogP contribution in [0.25, 0.3) is 11.5 Å². The van der Waals surface area contributed by atoms with Crippen LogP contribution in [-0.4, -0.2) is 21.7 Å². The first kappa shape index (κ1) is 16.4. The van der Waals surface area contributed by atoms with Crippen LogP contribution >= 0.6 is 11.6 Å². The summed E-state index contributed by atoms with van der Waals surface area (Å²) in [5.74, 6) is -0.750. The number of halogens is 2. The van der Waals surface area contributed by atoms with Crippen molar-refractivity contribution in [3.63, 3.8) is 0 Å². The van der Waals surface area contributed by atoms with Gasteiger partial charge in [0.25, 0.3) is 0 Å². The van der Waals surface area contributed by atoms with Gasteiger partial charge in [-0.25, -0.2) is 9.18 Å². The predicted octanol–water partition coefficient (Wildman–Crippen LogP) is 3.39. The van der Waals surface area contributed by atoms with E-state index in [1.54, 1.807) is 0 Å². The Morgan fingerprint density at radius 3 is 2.50 bits per heavy atom. The highest BCUT2D eigenvalue weighted by molar-refractivity contribution is 6.30. The van der Waals surface area contributed by atoms with Crippen LogP contribution in [0.1, 0.15) is 5.56 Å². The van der Waals surface area contributed by atoms with Gasteiger partial charge in [0.15, 0.2) is 0 Å². The van der Waals surface area contributed by atoms with Gasteiger partial charge in [-0.2, -0.15) is 4.68 Å². The molecule has 7 heteroatoms. The van der Waals surface area contributed by atoms with Gasteiger partial charge in [0, 0.05) is 17.1 Å². The molecule has 0 atom stereocenters. The number of rotatable bonds is 5. The van der Waals surface area contributed by atoms with Crippen LogP contribution in [-0.2, 0) is 13.2 Å². The summed E-state index contributed by atoms with van der Waals surface area (Å²) in [4.78, 5) is 13.8. The van der Waals surface area contributed by atoms with Gasteiger partial charge in [0.2, 0.25) is 5.89 Å². The third-order valence-corrected chi connectivity index (χ3v) is 3.69. The first-order chi connectivity index (χ1) is 11.5. The zero-order valence-corrected chi connectivity index (χ0v) is 13.7. The minimum atomic E-state index is -0.558. The van der Waals surface area contributed by atoms with Crippen molar-refractivity contribution in [3.8, 4) is 11.5 Å². The molecule has 0 saturated carbocycles. The highest BCUT2D eigenvalue weighted by Crippen LogP contribution is 2.16. The van der Waals surface area contributed by atoms with Gasteiger partial charge >= 0.3 is 5.76 Å². The molecule has 0 aliphatic carbocycles. The summed E-state index contributed by atoms with van der Waals surface area (Å²) < 4.78 is 19.3. The maximum absolute atomic E-state index is 13.0. The Kier molecular flexibility index (Phi) is 4.78. The van der Waals surface area contributed by atoms with E-state index in [-0.39, 0.29) is 18.4 Å². The highest BCUT2D eigenvalue weighted by Gasteiger charge is 2.12. The molecule has 0 aliphatic heterocycles. The summed E-state index contributed by atoms with van der Waals surface area (Å²) in [7, 11) is 1.87. The van der Waals surface area contributed by atoms with Crippen LogP contribution in [0.2, 0.25) is 5.02 Å². The third kappa shape index (κ3) is 3.90. The molecule has 3 aromatic rings. The number of hydrogen-bond donors (Lipinski definition) is 0. The molecule has 1 heterocycles. The molecule has 0 N–H and O–H groups in total. The molecular weight excluding hydrogens is 333 g/mol. The van der Waals surface area contributed by atoms with E-state index in [1.165, 1.54) is 28.9 Å². The Bertz CT molecular complexity index is 872. The van der Waals surface area contributed by atoms with E-state index in [2.05, 4.69) is 5.10 Å². The molecule has 24 heavy (non-hydrogen) atoms. The van der Waals surface area contributed by atoms with Crippen LogP contribution in [0.3, 0.4) is 0 Å². The van der Waals surface area contributed by atoms with E-state index in [4.69, 9.17) is 16.0 Å². The summed E-state index contributed by atoms with van der Waals surface area (Å²) in [6.07, 6.45) is 0. The molecule has 1 aromatic heterocycles. The van der Waals surface area contributed by atoms with Gasteiger partial charge in [-0.3, -0.25) is 4.90 Å². The van der Waals surface area contributed by atoms with Crippen molar-refractivity contribution in [2.75, 3.05) is 7.05 Å². The highest BCUT2D eigenvalue weighted by atomic mass is 35.5. The molecule has 5 nitrogen and oxygen atoms in total. The fourth-order valence-electron chi connectivity index (χ4n) is 2.28. The fraction of sp³-hybridized carbons (Fsp3) is 0.176. The largest absolute Gasteiger partial charge is 0.438 e. The van der Waals surface area contributed by atoms with E-state index in [1.807, 2.05) is 36.2 Å². The lowest BCUT2D eigenvalue weighted by atomic mass is 10.2. The van der Waals surface area contributed by atoms with E-state index in [0.717, 1.165) is 5.56 Å². The first-order valence-corrected chi connectivity index (χ1v) is 7.66. The minimum absolute atomic E-state index is 0.167. The number of aromatic nitrogens is 2. The average molecular weight is 348 g/mol. The monoisotopic (exact) mass is 347 g/mol. The second kappa shape index (κ2) is 6.98. The molecule has 3 rings (SSSR count). The molecule has 0 bridgehead atoms. The summed E-state index contributed by atoms with van der Waals surface area (Å²) in [6.45, 7) is 0.897. The number of benzene rings is 2. The Hall–Kier alpha value is -2.44. The molecule has 0 spiro atoms. The summed E-state index contributed by atoms with van der Waals surface area (Å²) >= 11 is 5.86. The molecule has 0 unspecified atom stereocenters. The fourth-order valence-corrected chi connectivity index (χ4v) is 2.41. The smallest absolute Gasteiger partial charge is 0.388 e. The lowest BCUT2D eigenvalue weighted by molar-refractivity contribution is 0.237.